The fourth-order valence-electron chi connectivity index (χ4n) is 4.48. The number of fused-ring (bicyclic) bond motifs is 1. The van der Waals surface area contributed by atoms with Crippen LogP contribution >= 0.6 is 11.6 Å². The third-order valence-electron chi connectivity index (χ3n) is 6.33. The molecule has 1 N–H and O–H groups in total. The van der Waals surface area contributed by atoms with Gasteiger partial charge in [-0.1, -0.05) is 49.7 Å². The van der Waals surface area contributed by atoms with Crippen LogP contribution in [0.4, 0.5) is 11.4 Å². The van der Waals surface area contributed by atoms with E-state index in [1.165, 1.54) is 51.1 Å². The van der Waals surface area contributed by atoms with Crippen molar-refractivity contribution in [3.05, 3.63) is 82.9 Å². The van der Waals surface area contributed by atoms with Crippen LogP contribution in [0.15, 0.2) is 76.5 Å². The molecule has 0 aromatic heterocycles. The van der Waals surface area contributed by atoms with Gasteiger partial charge in [0.05, 0.1) is 26.2 Å². The maximum Gasteiger partial charge on any atom is 0.264 e. The normalized spacial score (nSPS) is 15.6. The molecule has 0 saturated heterocycles. The summed E-state index contributed by atoms with van der Waals surface area (Å²) in [4.78, 5) is 13.1. The number of hydrogen-bond acceptors (Lipinski definition) is 5. The van der Waals surface area contributed by atoms with E-state index in [-0.39, 0.29) is 32.1 Å². The monoisotopic (exact) mass is 561 g/mol. The Morgan fingerprint density at radius 3 is 2.38 bits per heavy atom. The number of anilines is 2. The lowest BCUT2D eigenvalue weighted by molar-refractivity contribution is 0.102. The summed E-state index contributed by atoms with van der Waals surface area (Å²) in [6.07, 6.45) is 0.598. The lowest BCUT2D eigenvalue weighted by Gasteiger charge is -2.24. The molecular weight excluding hydrogens is 534 g/mol. The molecule has 196 valence electrons. The van der Waals surface area contributed by atoms with Crippen molar-refractivity contribution in [1.82, 2.24) is 4.31 Å². The van der Waals surface area contributed by atoms with Crippen molar-refractivity contribution in [2.45, 2.75) is 43.0 Å². The summed E-state index contributed by atoms with van der Waals surface area (Å²) in [6, 6.07) is 16.9. The number of para-hydroxylation sites is 1. The maximum absolute atomic E-state index is 13.6. The van der Waals surface area contributed by atoms with E-state index >= 15 is 0 Å². The summed E-state index contributed by atoms with van der Waals surface area (Å²) in [5.41, 5.74) is 1.77. The van der Waals surface area contributed by atoms with Crippen molar-refractivity contribution < 1.29 is 21.6 Å². The summed E-state index contributed by atoms with van der Waals surface area (Å²) in [6.45, 7) is 5.91. The number of nitrogens with zero attached hydrogens (tertiary/aromatic N) is 2. The highest BCUT2D eigenvalue weighted by Crippen LogP contribution is 2.36. The van der Waals surface area contributed by atoms with Crippen molar-refractivity contribution in [3.8, 4) is 0 Å². The van der Waals surface area contributed by atoms with Gasteiger partial charge in [-0.3, -0.25) is 9.10 Å². The predicted octanol–water partition coefficient (Wildman–Crippen LogP) is 4.76. The highest BCUT2D eigenvalue weighted by molar-refractivity contribution is 7.93. The Labute approximate surface area is 223 Å². The van der Waals surface area contributed by atoms with E-state index in [9.17, 15) is 21.6 Å². The molecule has 4 rings (SSSR count). The largest absolute Gasteiger partial charge is 0.321 e. The molecular formula is C26H28ClN3O5S2. The van der Waals surface area contributed by atoms with Gasteiger partial charge >= 0.3 is 0 Å². The minimum atomic E-state index is -3.94. The van der Waals surface area contributed by atoms with Crippen LogP contribution in [0.5, 0.6) is 0 Å². The molecule has 0 aliphatic carbocycles. The molecule has 0 radical (unpaired) electrons. The van der Waals surface area contributed by atoms with Crippen LogP contribution < -0.4 is 9.62 Å². The zero-order chi connectivity index (χ0) is 27.0. The molecule has 0 spiro atoms. The van der Waals surface area contributed by atoms with Crippen LogP contribution in [-0.4, -0.2) is 46.2 Å². The van der Waals surface area contributed by atoms with Gasteiger partial charge in [-0.05, 0) is 61.4 Å². The Hall–Kier alpha value is -2.92. The molecule has 3 aromatic rings. The molecule has 1 aliphatic heterocycles. The second-order valence-electron chi connectivity index (χ2n) is 8.70. The molecule has 0 saturated carbocycles. The van der Waals surface area contributed by atoms with Crippen LogP contribution in [0.25, 0.3) is 0 Å². The topological polar surface area (TPSA) is 104 Å². The van der Waals surface area contributed by atoms with E-state index in [2.05, 4.69) is 5.32 Å². The van der Waals surface area contributed by atoms with Crippen LogP contribution in [0, 0.1) is 0 Å². The van der Waals surface area contributed by atoms with Crippen LogP contribution in [-0.2, 0) is 26.5 Å². The van der Waals surface area contributed by atoms with Gasteiger partial charge in [0.2, 0.25) is 10.0 Å². The first-order valence-corrected chi connectivity index (χ1v) is 15.1. The smallest absolute Gasteiger partial charge is 0.264 e. The average Bonchev–Trinajstić information content (AvgIpc) is 3.22. The quantitative estimate of drug-likeness (QED) is 0.427. The van der Waals surface area contributed by atoms with Gasteiger partial charge in [-0.25, -0.2) is 16.8 Å². The Morgan fingerprint density at radius 2 is 1.68 bits per heavy atom. The number of carbonyl (C=O) groups excluding carboxylic acids is 1. The lowest BCUT2D eigenvalue weighted by Crippen LogP contribution is -2.35. The zero-order valence-electron chi connectivity index (χ0n) is 20.7. The summed E-state index contributed by atoms with van der Waals surface area (Å²) in [7, 11) is -7.70. The third kappa shape index (κ3) is 5.11. The molecule has 1 aliphatic rings. The van der Waals surface area contributed by atoms with Crippen LogP contribution in [0.1, 0.15) is 36.7 Å². The molecule has 8 nitrogen and oxygen atoms in total. The molecule has 1 atom stereocenters. The lowest BCUT2D eigenvalue weighted by atomic mass is 10.1. The van der Waals surface area contributed by atoms with Crippen molar-refractivity contribution in [2.24, 2.45) is 0 Å². The van der Waals surface area contributed by atoms with Crippen molar-refractivity contribution in [3.63, 3.8) is 0 Å². The van der Waals surface area contributed by atoms with E-state index in [0.717, 1.165) is 5.56 Å². The van der Waals surface area contributed by atoms with E-state index in [4.69, 9.17) is 11.6 Å². The highest BCUT2D eigenvalue weighted by atomic mass is 35.5. The Balaban J connectivity index is 1.63. The van der Waals surface area contributed by atoms with Crippen LogP contribution in [0.2, 0.25) is 5.02 Å². The van der Waals surface area contributed by atoms with Crippen molar-refractivity contribution in [2.75, 3.05) is 22.7 Å². The zero-order valence-corrected chi connectivity index (χ0v) is 23.1. The minimum Gasteiger partial charge on any atom is -0.321 e. The number of hydrogen-bond donors (Lipinski definition) is 1. The number of halogens is 1. The summed E-state index contributed by atoms with van der Waals surface area (Å²) in [5, 5.41) is 2.78. The number of rotatable bonds is 8. The summed E-state index contributed by atoms with van der Waals surface area (Å²) >= 11 is 6.25. The first-order chi connectivity index (χ1) is 17.5. The Bertz CT molecular complexity index is 1550. The number of benzene rings is 3. The molecule has 0 bridgehead atoms. The number of carbonyl (C=O) groups is 1. The molecule has 37 heavy (non-hydrogen) atoms. The van der Waals surface area contributed by atoms with E-state index in [1.807, 2.05) is 19.1 Å². The fourth-order valence-corrected chi connectivity index (χ4v) is 7.87. The standard InChI is InChI=1S/C26H28ClN3O5S2/c1-4-29(5-2)36(32,33)22-13-14-23(27)24(17-22)28-26(31)20-10-8-11-21(16-20)37(34,35)30-18(3)15-19-9-6-7-12-25(19)30/h6-14,16-18H,4-5,15H2,1-3H3,(H,28,31). The second-order valence-corrected chi connectivity index (χ2v) is 12.9. The van der Waals surface area contributed by atoms with Crippen LogP contribution in [0.3, 0.4) is 0 Å². The van der Waals surface area contributed by atoms with Crippen molar-refractivity contribution in [1.29, 1.82) is 0 Å². The fraction of sp³-hybridized carbons (Fsp3) is 0.269. The molecule has 11 heteroatoms. The van der Waals surface area contributed by atoms with Gasteiger partial charge in [0, 0.05) is 24.7 Å². The number of amides is 1. The SMILES string of the molecule is CCN(CC)S(=O)(=O)c1ccc(Cl)c(NC(=O)c2cccc(S(=O)(=O)N3c4ccccc4CC3C)c2)c1. The first-order valence-electron chi connectivity index (χ1n) is 11.8. The molecule has 1 heterocycles. The molecule has 1 amide bonds. The molecule has 3 aromatic carbocycles. The van der Waals surface area contributed by atoms with Gasteiger partial charge in [0.25, 0.3) is 15.9 Å². The molecule has 0 fully saturated rings. The average molecular weight is 562 g/mol. The van der Waals surface area contributed by atoms with Gasteiger partial charge in [0.15, 0.2) is 0 Å². The predicted molar refractivity (Wildman–Crippen MR) is 145 cm³/mol. The maximum atomic E-state index is 13.6. The van der Waals surface area contributed by atoms with Gasteiger partial charge < -0.3 is 5.32 Å². The molecule has 1 unspecified atom stereocenters. The summed E-state index contributed by atoms with van der Waals surface area (Å²) < 4.78 is 55.6. The van der Waals surface area contributed by atoms with Gasteiger partial charge in [0.1, 0.15) is 0 Å². The van der Waals surface area contributed by atoms with Crippen molar-refractivity contribution >= 4 is 48.9 Å². The number of sulfonamides is 2. The summed E-state index contributed by atoms with van der Waals surface area (Å²) in [5.74, 6) is -0.619. The van der Waals surface area contributed by atoms with E-state index < -0.39 is 26.0 Å². The number of nitrogens with one attached hydrogen (secondary N) is 1. The highest BCUT2D eigenvalue weighted by Gasteiger charge is 2.36. The minimum absolute atomic E-state index is 0.00563. The van der Waals surface area contributed by atoms with Gasteiger partial charge in [-0.15, -0.1) is 0 Å². The second kappa shape index (κ2) is 10.4. The van der Waals surface area contributed by atoms with E-state index in [1.54, 1.807) is 26.0 Å². The first kappa shape index (κ1) is 27.1. The van der Waals surface area contributed by atoms with E-state index in [0.29, 0.717) is 25.2 Å². The Kier molecular flexibility index (Phi) is 7.66. The van der Waals surface area contributed by atoms with Gasteiger partial charge in [-0.2, -0.15) is 4.31 Å². The third-order valence-corrected chi connectivity index (χ3v) is 10.6. The Morgan fingerprint density at radius 1 is 0.973 bits per heavy atom.